The second-order valence-corrected chi connectivity index (χ2v) is 9.51. The Labute approximate surface area is 183 Å². The summed E-state index contributed by atoms with van der Waals surface area (Å²) in [5.74, 6) is 0.259. The van der Waals surface area contributed by atoms with E-state index in [0.717, 1.165) is 21.2 Å². The van der Waals surface area contributed by atoms with Crippen molar-refractivity contribution in [2.45, 2.75) is 42.4 Å². The average molecular weight is 440 g/mol. The fourth-order valence-corrected chi connectivity index (χ4v) is 4.86. The Balaban J connectivity index is 1.39. The highest BCUT2D eigenvalue weighted by Crippen LogP contribution is 2.29. The van der Waals surface area contributed by atoms with Crippen molar-refractivity contribution in [2.24, 2.45) is 0 Å². The van der Waals surface area contributed by atoms with Crippen molar-refractivity contribution in [3.63, 3.8) is 0 Å². The number of thioether (sulfide) groups is 1. The number of carbonyl (C=O) groups is 2. The van der Waals surface area contributed by atoms with Gasteiger partial charge in [-0.05, 0) is 28.7 Å². The molecule has 1 atom stereocenters. The van der Waals surface area contributed by atoms with Gasteiger partial charge in [-0.1, -0.05) is 79.4 Å². The molecule has 1 unspecified atom stereocenters. The van der Waals surface area contributed by atoms with Crippen LogP contribution in [0.1, 0.15) is 46.8 Å². The van der Waals surface area contributed by atoms with Crippen LogP contribution in [0.4, 0.5) is 5.13 Å². The van der Waals surface area contributed by atoms with Crippen molar-refractivity contribution in [1.82, 2.24) is 10.2 Å². The molecule has 0 saturated carbocycles. The van der Waals surface area contributed by atoms with Gasteiger partial charge in [-0.25, -0.2) is 4.79 Å². The minimum atomic E-state index is -0.878. The number of anilines is 1. The summed E-state index contributed by atoms with van der Waals surface area (Å²) in [5, 5.41) is 11.3. The number of ether oxygens (including phenoxy) is 1. The standard InChI is InChI=1S/C22H21N3O3S2/c1-13(2)15-8-9-17-16(10-15)11-18(28-20(17)27)19(26)23-21-24-25-22(30-21)29-12-14-6-4-3-5-7-14/h3-10,13,18H,11-12H2,1-2H3,(H,23,24,26). The highest BCUT2D eigenvalue weighted by Gasteiger charge is 2.32. The molecule has 8 heteroatoms. The van der Waals surface area contributed by atoms with Crippen LogP contribution < -0.4 is 5.32 Å². The first-order chi connectivity index (χ1) is 14.5. The second-order valence-electron chi connectivity index (χ2n) is 7.31. The summed E-state index contributed by atoms with van der Waals surface area (Å²) in [6, 6.07) is 15.8. The van der Waals surface area contributed by atoms with E-state index in [9.17, 15) is 9.59 Å². The molecule has 4 rings (SSSR count). The zero-order chi connectivity index (χ0) is 21.1. The number of aromatic nitrogens is 2. The molecule has 154 valence electrons. The summed E-state index contributed by atoms with van der Waals surface area (Å²) in [4.78, 5) is 25.0. The molecule has 0 fully saturated rings. The molecule has 2 heterocycles. The number of amides is 1. The lowest BCUT2D eigenvalue weighted by Gasteiger charge is -2.24. The third kappa shape index (κ3) is 4.71. The molecule has 30 heavy (non-hydrogen) atoms. The van der Waals surface area contributed by atoms with E-state index in [1.165, 1.54) is 16.9 Å². The fraction of sp³-hybridized carbons (Fsp3) is 0.273. The molecular weight excluding hydrogens is 418 g/mol. The molecule has 3 aromatic rings. The van der Waals surface area contributed by atoms with Gasteiger partial charge in [-0.2, -0.15) is 0 Å². The topological polar surface area (TPSA) is 81.2 Å². The minimum Gasteiger partial charge on any atom is -0.448 e. The van der Waals surface area contributed by atoms with Gasteiger partial charge in [0, 0.05) is 12.2 Å². The number of fused-ring (bicyclic) bond motifs is 1. The van der Waals surface area contributed by atoms with Crippen molar-refractivity contribution in [2.75, 3.05) is 5.32 Å². The number of rotatable bonds is 6. The average Bonchev–Trinajstić information content (AvgIpc) is 3.19. The van der Waals surface area contributed by atoms with Gasteiger partial charge in [-0.3, -0.25) is 10.1 Å². The fourth-order valence-electron chi connectivity index (χ4n) is 3.14. The van der Waals surface area contributed by atoms with E-state index in [-0.39, 0.29) is 5.91 Å². The van der Waals surface area contributed by atoms with Crippen LogP contribution in [-0.2, 0) is 21.7 Å². The van der Waals surface area contributed by atoms with Gasteiger partial charge in [0.05, 0.1) is 5.56 Å². The lowest BCUT2D eigenvalue weighted by atomic mass is 9.92. The normalized spacial score (nSPS) is 15.6. The molecule has 0 radical (unpaired) electrons. The quantitative estimate of drug-likeness (QED) is 0.341. The van der Waals surface area contributed by atoms with Gasteiger partial charge in [0.1, 0.15) is 0 Å². The number of nitrogens with zero attached hydrogens (tertiary/aromatic N) is 2. The third-order valence-corrected chi connectivity index (χ3v) is 6.85. The number of nitrogens with one attached hydrogen (secondary N) is 1. The molecule has 6 nitrogen and oxygen atoms in total. The Morgan fingerprint density at radius 1 is 1.23 bits per heavy atom. The lowest BCUT2D eigenvalue weighted by Crippen LogP contribution is -2.38. The molecular formula is C22H21N3O3S2. The summed E-state index contributed by atoms with van der Waals surface area (Å²) in [6.45, 7) is 4.19. The van der Waals surface area contributed by atoms with E-state index < -0.39 is 12.1 Å². The van der Waals surface area contributed by atoms with Crippen LogP contribution in [0, 0.1) is 0 Å². The largest absolute Gasteiger partial charge is 0.448 e. The molecule has 1 aliphatic heterocycles. The summed E-state index contributed by atoms with van der Waals surface area (Å²) >= 11 is 2.87. The van der Waals surface area contributed by atoms with Gasteiger partial charge < -0.3 is 4.74 Å². The van der Waals surface area contributed by atoms with Crippen molar-refractivity contribution in [3.8, 4) is 0 Å². The van der Waals surface area contributed by atoms with Gasteiger partial charge in [-0.15, -0.1) is 10.2 Å². The number of cyclic esters (lactones) is 1. The highest BCUT2D eigenvalue weighted by molar-refractivity contribution is 8.00. The van der Waals surface area contributed by atoms with E-state index in [0.29, 0.717) is 23.0 Å². The van der Waals surface area contributed by atoms with E-state index in [2.05, 4.69) is 41.5 Å². The highest BCUT2D eigenvalue weighted by atomic mass is 32.2. The summed E-state index contributed by atoms with van der Waals surface area (Å²) in [5.41, 5.74) is 3.69. The predicted molar refractivity (Wildman–Crippen MR) is 118 cm³/mol. The first kappa shape index (κ1) is 20.6. The van der Waals surface area contributed by atoms with Gasteiger partial charge in [0.2, 0.25) is 5.13 Å². The van der Waals surface area contributed by atoms with Crippen LogP contribution in [0.2, 0.25) is 0 Å². The SMILES string of the molecule is CC(C)c1ccc2c(c1)CC(C(=O)Nc1nnc(SCc3ccccc3)s1)OC2=O. The maximum atomic E-state index is 12.7. The molecule has 1 amide bonds. The Morgan fingerprint density at radius 3 is 2.80 bits per heavy atom. The van der Waals surface area contributed by atoms with Crippen LogP contribution in [0.25, 0.3) is 0 Å². The summed E-state index contributed by atoms with van der Waals surface area (Å²) in [7, 11) is 0. The maximum Gasteiger partial charge on any atom is 0.339 e. The third-order valence-electron chi connectivity index (χ3n) is 4.80. The molecule has 0 spiro atoms. The molecule has 1 aromatic heterocycles. The Hall–Kier alpha value is -2.71. The molecule has 0 bridgehead atoms. The second kappa shape index (κ2) is 8.97. The van der Waals surface area contributed by atoms with Gasteiger partial charge >= 0.3 is 5.97 Å². The first-order valence-corrected chi connectivity index (χ1v) is 11.4. The van der Waals surface area contributed by atoms with Crippen LogP contribution in [-0.4, -0.2) is 28.2 Å². The van der Waals surface area contributed by atoms with E-state index in [1.54, 1.807) is 17.8 Å². The van der Waals surface area contributed by atoms with Crippen LogP contribution in [0.3, 0.4) is 0 Å². The molecule has 0 aliphatic carbocycles. The smallest absolute Gasteiger partial charge is 0.339 e. The van der Waals surface area contributed by atoms with Crippen LogP contribution in [0.5, 0.6) is 0 Å². The lowest BCUT2D eigenvalue weighted by molar-refractivity contribution is -0.125. The summed E-state index contributed by atoms with van der Waals surface area (Å²) in [6.07, 6.45) is -0.529. The van der Waals surface area contributed by atoms with E-state index in [1.807, 2.05) is 30.3 Å². The molecule has 1 aliphatic rings. The van der Waals surface area contributed by atoms with Crippen molar-refractivity contribution >= 4 is 40.1 Å². The minimum absolute atomic E-state index is 0.341. The number of esters is 1. The van der Waals surface area contributed by atoms with Gasteiger partial charge in [0.15, 0.2) is 10.4 Å². The Morgan fingerprint density at radius 2 is 2.03 bits per heavy atom. The van der Waals surface area contributed by atoms with Crippen molar-refractivity contribution < 1.29 is 14.3 Å². The zero-order valence-corrected chi connectivity index (χ0v) is 18.3. The van der Waals surface area contributed by atoms with Gasteiger partial charge in [0.25, 0.3) is 5.91 Å². The maximum absolute atomic E-state index is 12.7. The number of hydrogen-bond donors (Lipinski definition) is 1. The van der Waals surface area contributed by atoms with Crippen LogP contribution in [0.15, 0.2) is 52.9 Å². The van der Waals surface area contributed by atoms with Crippen LogP contribution >= 0.6 is 23.1 Å². The van der Waals surface area contributed by atoms with Crippen molar-refractivity contribution in [3.05, 3.63) is 70.8 Å². The summed E-state index contributed by atoms with van der Waals surface area (Å²) < 4.78 is 6.13. The predicted octanol–water partition coefficient (Wildman–Crippen LogP) is 4.67. The van der Waals surface area contributed by atoms with E-state index >= 15 is 0 Å². The number of benzene rings is 2. The van der Waals surface area contributed by atoms with E-state index in [4.69, 9.17) is 4.74 Å². The molecule has 0 saturated heterocycles. The number of carbonyl (C=O) groups excluding carboxylic acids is 2. The Bertz CT molecular complexity index is 1070. The first-order valence-electron chi connectivity index (χ1n) is 9.64. The van der Waals surface area contributed by atoms with Crippen molar-refractivity contribution in [1.29, 1.82) is 0 Å². The monoisotopic (exact) mass is 439 g/mol. The zero-order valence-electron chi connectivity index (χ0n) is 16.6. The molecule has 1 N–H and O–H groups in total. The number of hydrogen-bond acceptors (Lipinski definition) is 7. The Kier molecular flexibility index (Phi) is 6.15. The molecule has 2 aromatic carbocycles.